The number of aromatic amines is 1. The molecule has 1 fully saturated rings. The highest BCUT2D eigenvalue weighted by molar-refractivity contribution is 6.07. The van der Waals surface area contributed by atoms with Crippen LogP contribution in [-0.4, -0.2) is 29.0 Å². The Bertz CT molecular complexity index is 1280. The fourth-order valence-electron chi connectivity index (χ4n) is 4.81. The Hall–Kier alpha value is -3.81. The summed E-state index contributed by atoms with van der Waals surface area (Å²) in [6.07, 6.45) is 2.59. The lowest BCUT2D eigenvalue weighted by molar-refractivity contribution is -0.123. The van der Waals surface area contributed by atoms with Crippen molar-refractivity contribution in [3.63, 3.8) is 0 Å². The topological polar surface area (TPSA) is 115 Å². The zero-order valence-corrected chi connectivity index (χ0v) is 18.7. The molecule has 0 saturated carbocycles. The summed E-state index contributed by atoms with van der Waals surface area (Å²) in [7, 11) is 0. The third-order valence-electron chi connectivity index (χ3n) is 6.68. The van der Waals surface area contributed by atoms with Gasteiger partial charge in [-0.05, 0) is 61.9 Å². The Kier molecular flexibility index (Phi) is 5.08. The van der Waals surface area contributed by atoms with E-state index in [0.717, 1.165) is 30.3 Å². The molecule has 33 heavy (non-hydrogen) atoms. The summed E-state index contributed by atoms with van der Waals surface area (Å²) >= 11 is 0. The summed E-state index contributed by atoms with van der Waals surface area (Å²) in [5.41, 5.74) is 5.33. The molecule has 0 radical (unpaired) electrons. The second kappa shape index (κ2) is 7.95. The summed E-state index contributed by atoms with van der Waals surface area (Å²) in [6.45, 7) is 4.07. The van der Waals surface area contributed by atoms with E-state index in [1.54, 1.807) is 13.0 Å². The fourth-order valence-corrected chi connectivity index (χ4v) is 4.81. The summed E-state index contributed by atoms with van der Waals surface area (Å²) in [4.78, 5) is 39.9. The standard InChI is InChI=1S/C25H27N5O3/c1-14-6-8-20-18(10-14)19-12-17(7-9-21(19)28-20)27-23(32)26-13-15-4-3-5-16(11-15)25(2)22(31)29-24(33)30-25/h3-6,8,10-11,17,28H,7,9,12-13H2,1-2H3,(H2,26,27,32)(H2,29,30,31,33). The average molecular weight is 446 g/mol. The van der Waals surface area contributed by atoms with Gasteiger partial charge in [-0.2, -0.15) is 0 Å². The first-order valence-electron chi connectivity index (χ1n) is 11.2. The van der Waals surface area contributed by atoms with E-state index in [9.17, 15) is 14.4 Å². The lowest BCUT2D eigenvalue weighted by Crippen LogP contribution is -2.44. The normalized spacial score (nSPS) is 21.9. The van der Waals surface area contributed by atoms with E-state index < -0.39 is 11.6 Å². The smallest absolute Gasteiger partial charge is 0.322 e. The van der Waals surface area contributed by atoms with E-state index in [1.165, 1.54) is 22.2 Å². The molecule has 1 aromatic heterocycles. The van der Waals surface area contributed by atoms with Gasteiger partial charge in [-0.15, -0.1) is 0 Å². The largest absolute Gasteiger partial charge is 0.358 e. The molecular weight excluding hydrogens is 418 g/mol. The predicted molar refractivity (Wildman–Crippen MR) is 125 cm³/mol. The minimum atomic E-state index is -1.12. The van der Waals surface area contributed by atoms with Gasteiger partial charge in [0.15, 0.2) is 0 Å². The van der Waals surface area contributed by atoms with Crippen LogP contribution in [0.1, 0.15) is 41.3 Å². The van der Waals surface area contributed by atoms with Gasteiger partial charge < -0.3 is 20.9 Å². The molecule has 8 nitrogen and oxygen atoms in total. The van der Waals surface area contributed by atoms with Crippen LogP contribution in [0.2, 0.25) is 0 Å². The number of carbonyl (C=O) groups excluding carboxylic acids is 3. The maximum atomic E-state index is 12.6. The Morgan fingerprint density at radius 2 is 2.03 bits per heavy atom. The van der Waals surface area contributed by atoms with Gasteiger partial charge in [0.05, 0.1) is 0 Å². The van der Waals surface area contributed by atoms with Crippen LogP contribution in [0.4, 0.5) is 9.59 Å². The van der Waals surface area contributed by atoms with Crippen molar-refractivity contribution in [2.45, 2.75) is 51.2 Å². The van der Waals surface area contributed by atoms with E-state index in [0.29, 0.717) is 12.1 Å². The second-order valence-electron chi connectivity index (χ2n) is 9.13. The Balaban J connectivity index is 1.21. The van der Waals surface area contributed by atoms with Gasteiger partial charge in [0.2, 0.25) is 0 Å². The van der Waals surface area contributed by atoms with E-state index in [2.05, 4.69) is 51.4 Å². The Labute approximate surface area is 191 Å². The molecule has 2 heterocycles. The van der Waals surface area contributed by atoms with Crippen LogP contribution in [0.25, 0.3) is 10.9 Å². The van der Waals surface area contributed by atoms with Crippen LogP contribution < -0.4 is 21.3 Å². The Morgan fingerprint density at radius 1 is 1.18 bits per heavy atom. The minimum absolute atomic E-state index is 0.0691. The molecule has 2 unspecified atom stereocenters. The minimum Gasteiger partial charge on any atom is -0.358 e. The zero-order valence-electron chi connectivity index (χ0n) is 18.7. The van der Waals surface area contributed by atoms with Crippen LogP contribution in [-0.2, 0) is 29.7 Å². The van der Waals surface area contributed by atoms with Crippen molar-refractivity contribution in [1.82, 2.24) is 26.3 Å². The van der Waals surface area contributed by atoms with Crippen molar-refractivity contribution < 1.29 is 14.4 Å². The molecule has 5 rings (SSSR count). The van der Waals surface area contributed by atoms with Gasteiger partial charge in [0.1, 0.15) is 5.54 Å². The fraction of sp³-hybridized carbons (Fsp3) is 0.320. The van der Waals surface area contributed by atoms with Crippen molar-refractivity contribution in [2.75, 3.05) is 0 Å². The molecular formula is C25H27N5O3. The molecule has 5 N–H and O–H groups in total. The monoisotopic (exact) mass is 445 g/mol. The number of carbonyl (C=O) groups is 3. The number of nitrogens with one attached hydrogen (secondary N) is 5. The lowest BCUT2D eigenvalue weighted by atomic mass is 9.91. The highest BCUT2D eigenvalue weighted by Crippen LogP contribution is 2.30. The van der Waals surface area contributed by atoms with Crippen molar-refractivity contribution in [3.8, 4) is 0 Å². The lowest BCUT2D eigenvalue weighted by Gasteiger charge is -2.24. The van der Waals surface area contributed by atoms with Gasteiger partial charge in [-0.1, -0.05) is 35.9 Å². The summed E-state index contributed by atoms with van der Waals surface area (Å²) in [5.74, 6) is -0.389. The molecule has 1 aliphatic carbocycles. The SMILES string of the molecule is Cc1ccc2[nH]c3c(c2c1)CC(NC(=O)NCc1cccc(C2(C)NC(=O)NC2=O)c1)CC3. The molecule has 1 aliphatic heterocycles. The van der Waals surface area contributed by atoms with Crippen LogP contribution in [0, 0.1) is 6.92 Å². The van der Waals surface area contributed by atoms with Gasteiger partial charge in [-0.3, -0.25) is 10.1 Å². The quantitative estimate of drug-likeness (QED) is 0.398. The third kappa shape index (κ3) is 3.92. The molecule has 2 atom stereocenters. The third-order valence-corrected chi connectivity index (χ3v) is 6.68. The molecule has 8 heteroatoms. The molecule has 1 saturated heterocycles. The number of benzene rings is 2. The van der Waals surface area contributed by atoms with Crippen molar-refractivity contribution in [1.29, 1.82) is 0 Å². The van der Waals surface area contributed by atoms with Crippen molar-refractivity contribution in [3.05, 3.63) is 70.4 Å². The molecule has 3 aromatic rings. The zero-order chi connectivity index (χ0) is 23.2. The summed E-state index contributed by atoms with van der Waals surface area (Å²) in [5, 5.41) is 12.2. The summed E-state index contributed by atoms with van der Waals surface area (Å²) < 4.78 is 0. The van der Waals surface area contributed by atoms with Gasteiger partial charge in [0, 0.05) is 29.2 Å². The van der Waals surface area contributed by atoms with Crippen LogP contribution in [0.5, 0.6) is 0 Å². The van der Waals surface area contributed by atoms with E-state index in [4.69, 9.17) is 0 Å². The highest BCUT2D eigenvalue weighted by atomic mass is 16.2. The maximum Gasteiger partial charge on any atom is 0.322 e. The molecule has 170 valence electrons. The molecule has 5 amide bonds. The molecule has 2 aliphatic rings. The van der Waals surface area contributed by atoms with E-state index in [-0.39, 0.29) is 18.0 Å². The number of urea groups is 2. The molecule has 0 bridgehead atoms. The highest BCUT2D eigenvalue weighted by Gasteiger charge is 2.43. The predicted octanol–water partition coefficient (Wildman–Crippen LogP) is 2.89. The van der Waals surface area contributed by atoms with Crippen LogP contribution in [0.15, 0.2) is 42.5 Å². The second-order valence-corrected chi connectivity index (χ2v) is 9.13. The first kappa shape index (κ1) is 21.1. The number of aromatic nitrogens is 1. The Morgan fingerprint density at radius 3 is 2.82 bits per heavy atom. The number of aryl methyl sites for hydroxylation is 2. The van der Waals surface area contributed by atoms with Gasteiger partial charge in [-0.25, -0.2) is 9.59 Å². The molecule has 0 spiro atoms. The first-order chi connectivity index (χ1) is 15.8. The number of rotatable bonds is 4. The maximum absolute atomic E-state index is 12.6. The number of hydrogen-bond donors (Lipinski definition) is 5. The number of H-pyrrole nitrogens is 1. The molecule has 2 aromatic carbocycles. The van der Waals surface area contributed by atoms with Crippen molar-refractivity contribution in [2.24, 2.45) is 0 Å². The van der Waals surface area contributed by atoms with E-state index in [1.807, 2.05) is 18.2 Å². The number of imide groups is 1. The number of hydrogen-bond acceptors (Lipinski definition) is 3. The van der Waals surface area contributed by atoms with E-state index >= 15 is 0 Å². The number of amides is 5. The number of fused-ring (bicyclic) bond motifs is 3. The first-order valence-corrected chi connectivity index (χ1v) is 11.2. The van der Waals surface area contributed by atoms with Gasteiger partial charge >= 0.3 is 12.1 Å². The average Bonchev–Trinajstić information content (AvgIpc) is 3.28. The van der Waals surface area contributed by atoms with Gasteiger partial charge in [0.25, 0.3) is 5.91 Å². The van der Waals surface area contributed by atoms with Crippen LogP contribution in [0.3, 0.4) is 0 Å². The van der Waals surface area contributed by atoms with Crippen molar-refractivity contribution >= 4 is 28.9 Å². The summed E-state index contributed by atoms with van der Waals surface area (Å²) in [6, 6.07) is 13.1. The van der Waals surface area contributed by atoms with Crippen LogP contribution >= 0.6 is 0 Å².